The summed E-state index contributed by atoms with van der Waals surface area (Å²) in [7, 11) is 1.35. The Kier molecular flexibility index (Phi) is 2.46. The monoisotopic (exact) mass is 158 g/mol. The van der Waals surface area contributed by atoms with Crippen LogP contribution >= 0.6 is 0 Å². The molecule has 4 N–H and O–H groups in total. The fraction of sp³-hybridized carbons (Fsp3) is 0.857. The number of carbonyl (C=O) groups excluding carboxylic acids is 1. The van der Waals surface area contributed by atoms with Gasteiger partial charge in [0.05, 0.1) is 7.11 Å². The van der Waals surface area contributed by atoms with Crippen LogP contribution in [0.15, 0.2) is 0 Å². The van der Waals surface area contributed by atoms with Crippen molar-refractivity contribution in [2.24, 2.45) is 17.4 Å². The van der Waals surface area contributed by atoms with Crippen molar-refractivity contribution in [2.45, 2.75) is 24.9 Å². The van der Waals surface area contributed by atoms with Gasteiger partial charge in [0, 0.05) is 6.04 Å². The van der Waals surface area contributed by atoms with E-state index in [1.54, 1.807) is 0 Å². The Hall–Kier alpha value is -0.610. The zero-order valence-corrected chi connectivity index (χ0v) is 6.62. The van der Waals surface area contributed by atoms with Crippen LogP contribution in [0, 0.1) is 5.92 Å². The van der Waals surface area contributed by atoms with Gasteiger partial charge in [-0.05, 0) is 18.8 Å². The number of hydrogen-bond donors (Lipinski definition) is 2. The summed E-state index contributed by atoms with van der Waals surface area (Å²) in [4.78, 5) is 10.9. The summed E-state index contributed by atoms with van der Waals surface area (Å²) in [6.07, 6.45) is 1.69. The van der Waals surface area contributed by atoms with Crippen LogP contribution in [0.1, 0.15) is 12.8 Å². The van der Waals surface area contributed by atoms with Gasteiger partial charge in [0.15, 0.2) is 0 Å². The second kappa shape index (κ2) is 3.19. The molecule has 11 heavy (non-hydrogen) atoms. The third kappa shape index (κ3) is 1.70. The molecule has 0 aromatic rings. The SMILES string of the molecule is COC(=O)C(N)C1CC(N)C1. The van der Waals surface area contributed by atoms with Gasteiger partial charge in [-0.2, -0.15) is 0 Å². The summed E-state index contributed by atoms with van der Waals surface area (Å²) >= 11 is 0. The normalized spacial score (nSPS) is 32.3. The predicted octanol–water partition coefficient (Wildman–Crippen LogP) is -0.776. The Bertz CT molecular complexity index is 155. The zero-order valence-electron chi connectivity index (χ0n) is 6.62. The lowest BCUT2D eigenvalue weighted by Crippen LogP contribution is -2.49. The number of esters is 1. The Morgan fingerprint density at radius 1 is 1.64 bits per heavy atom. The average molecular weight is 158 g/mol. The van der Waals surface area contributed by atoms with E-state index in [0.29, 0.717) is 0 Å². The van der Waals surface area contributed by atoms with Gasteiger partial charge in [-0.3, -0.25) is 4.79 Å². The van der Waals surface area contributed by atoms with E-state index in [-0.39, 0.29) is 17.9 Å². The van der Waals surface area contributed by atoms with Crippen molar-refractivity contribution in [3.8, 4) is 0 Å². The van der Waals surface area contributed by atoms with Crippen molar-refractivity contribution in [1.82, 2.24) is 0 Å². The van der Waals surface area contributed by atoms with Gasteiger partial charge in [-0.15, -0.1) is 0 Å². The van der Waals surface area contributed by atoms with Crippen LogP contribution < -0.4 is 11.5 Å². The maximum atomic E-state index is 10.9. The molecule has 0 spiro atoms. The van der Waals surface area contributed by atoms with Crippen molar-refractivity contribution in [2.75, 3.05) is 7.11 Å². The first-order chi connectivity index (χ1) is 5.15. The third-order valence-corrected chi connectivity index (χ3v) is 2.19. The van der Waals surface area contributed by atoms with Crippen molar-refractivity contribution in [1.29, 1.82) is 0 Å². The highest BCUT2D eigenvalue weighted by Crippen LogP contribution is 2.28. The molecule has 4 nitrogen and oxygen atoms in total. The fourth-order valence-corrected chi connectivity index (χ4v) is 1.33. The molecule has 0 amide bonds. The quantitative estimate of drug-likeness (QED) is 0.517. The molecule has 0 heterocycles. The number of hydrogen-bond acceptors (Lipinski definition) is 4. The average Bonchev–Trinajstić information content (AvgIpc) is 1.96. The lowest BCUT2D eigenvalue weighted by Gasteiger charge is -2.35. The van der Waals surface area contributed by atoms with E-state index in [4.69, 9.17) is 11.5 Å². The molecular weight excluding hydrogens is 144 g/mol. The first kappa shape index (κ1) is 8.49. The molecule has 0 saturated heterocycles. The number of methoxy groups -OCH3 is 1. The first-order valence-corrected chi connectivity index (χ1v) is 3.74. The summed E-state index contributed by atoms with van der Waals surface area (Å²) in [5.74, 6) is -0.0978. The van der Waals surface area contributed by atoms with Crippen molar-refractivity contribution in [3.05, 3.63) is 0 Å². The zero-order chi connectivity index (χ0) is 8.43. The van der Waals surface area contributed by atoms with Crippen molar-refractivity contribution >= 4 is 5.97 Å². The predicted molar refractivity (Wildman–Crippen MR) is 40.7 cm³/mol. The molecule has 1 atom stereocenters. The van der Waals surface area contributed by atoms with Gasteiger partial charge < -0.3 is 16.2 Å². The Morgan fingerprint density at radius 2 is 2.18 bits per heavy atom. The maximum absolute atomic E-state index is 10.9. The molecule has 1 aliphatic carbocycles. The molecule has 0 bridgehead atoms. The minimum Gasteiger partial charge on any atom is -0.468 e. The lowest BCUT2D eigenvalue weighted by atomic mass is 9.76. The van der Waals surface area contributed by atoms with Gasteiger partial charge >= 0.3 is 5.97 Å². The summed E-state index contributed by atoms with van der Waals surface area (Å²) in [5, 5.41) is 0. The van der Waals surface area contributed by atoms with E-state index < -0.39 is 6.04 Å². The lowest BCUT2D eigenvalue weighted by molar-refractivity contribution is -0.144. The summed E-state index contributed by atoms with van der Waals surface area (Å²) in [6, 6.07) is -0.240. The van der Waals surface area contributed by atoms with Gasteiger partial charge in [0.1, 0.15) is 6.04 Å². The molecular formula is C7H14N2O2. The Morgan fingerprint density at radius 3 is 2.55 bits per heavy atom. The van der Waals surface area contributed by atoms with Gasteiger partial charge in [0.25, 0.3) is 0 Å². The van der Waals surface area contributed by atoms with Crippen LogP contribution in [0.25, 0.3) is 0 Å². The topological polar surface area (TPSA) is 78.3 Å². The largest absolute Gasteiger partial charge is 0.468 e. The first-order valence-electron chi connectivity index (χ1n) is 3.74. The summed E-state index contributed by atoms with van der Waals surface area (Å²) in [6.45, 7) is 0. The van der Waals surface area contributed by atoms with Gasteiger partial charge in [-0.1, -0.05) is 0 Å². The van der Waals surface area contributed by atoms with Crippen LogP contribution in [0.4, 0.5) is 0 Å². The van der Waals surface area contributed by atoms with Crippen LogP contribution in [-0.4, -0.2) is 25.2 Å². The molecule has 0 aromatic carbocycles. The Labute approximate surface area is 65.9 Å². The summed E-state index contributed by atoms with van der Waals surface area (Å²) in [5.41, 5.74) is 11.1. The minimum absolute atomic E-state index is 0.232. The van der Waals surface area contributed by atoms with Gasteiger partial charge in [-0.25, -0.2) is 0 Å². The highest BCUT2D eigenvalue weighted by atomic mass is 16.5. The molecule has 0 radical (unpaired) electrons. The van der Waals surface area contributed by atoms with Crippen molar-refractivity contribution in [3.63, 3.8) is 0 Å². The molecule has 64 valence electrons. The fourth-order valence-electron chi connectivity index (χ4n) is 1.33. The standard InChI is InChI=1S/C7H14N2O2/c1-11-7(10)6(9)4-2-5(8)3-4/h4-6H,2-3,8-9H2,1H3. The van der Waals surface area contributed by atoms with E-state index >= 15 is 0 Å². The molecule has 0 aliphatic heterocycles. The van der Waals surface area contributed by atoms with Gasteiger partial charge in [0.2, 0.25) is 0 Å². The van der Waals surface area contributed by atoms with Crippen LogP contribution in [0.3, 0.4) is 0 Å². The van der Waals surface area contributed by atoms with E-state index in [9.17, 15) is 4.79 Å². The highest BCUT2D eigenvalue weighted by Gasteiger charge is 2.35. The van der Waals surface area contributed by atoms with Crippen LogP contribution in [-0.2, 0) is 9.53 Å². The molecule has 1 fully saturated rings. The number of rotatable bonds is 2. The molecule has 4 heteroatoms. The third-order valence-electron chi connectivity index (χ3n) is 2.19. The number of nitrogens with two attached hydrogens (primary N) is 2. The number of carbonyl (C=O) groups is 1. The van der Waals surface area contributed by atoms with E-state index in [2.05, 4.69) is 4.74 Å². The molecule has 1 aliphatic rings. The summed E-state index contributed by atoms with van der Waals surface area (Å²) < 4.78 is 4.50. The highest BCUT2D eigenvalue weighted by molar-refractivity contribution is 5.75. The van der Waals surface area contributed by atoms with E-state index in [1.165, 1.54) is 7.11 Å². The van der Waals surface area contributed by atoms with Crippen LogP contribution in [0.2, 0.25) is 0 Å². The number of ether oxygens (including phenoxy) is 1. The minimum atomic E-state index is -0.472. The molecule has 1 unspecified atom stereocenters. The molecule has 1 rings (SSSR count). The van der Waals surface area contributed by atoms with Crippen LogP contribution in [0.5, 0.6) is 0 Å². The second-order valence-corrected chi connectivity index (χ2v) is 3.04. The Balaban J connectivity index is 2.31. The second-order valence-electron chi connectivity index (χ2n) is 3.04. The molecule has 0 aromatic heterocycles. The van der Waals surface area contributed by atoms with Crippen molar-refractivity contribution < 1.29 is 9.53 Å². The van der Waals surface area contributed by atoms with E-state index in [1.807, 2.05) is 0 Å². The smallest absolute Gasteiger partial charge is 0.322 e. The molecule has 1 saturated carbocycles. The maximum Gasteiger partial charge on any atom is 0.322 e. The van der Waals surface area contributed by atoms with E-state index in [0.717, 1.165) is 12.8 Å².